The van der Waals surface area contributed by atoms with Crippen LogP contribution in [0.25, 0.3) is 27.8 Å². The van der Waals surface area contributed by atoms with Crippen LogP contribution in [0.5, 0.6) is 11.5 Å². The van der Waals surface area contributed by atoms with E-state index in [0.29, 0.717) is 16.8 Å². The maximum Gasteiger partial charge on any atom is 0.272 e. The van der Waals surface area contributed by atoms with Crippen molar-refractivity contribution in [3.8, 4) is 22.8 Å². The highest BCUT2D eigenvalue weighted by atomic mass is 16.3. The summed E-state index contributed by atoms with van der Waals surface area (Å²) in [5.41, 5.74) is 3.10. The Kier molecular flexibility index (Phi) is 2.50. The van der Waals surface area contributed by atoms with Crippen LogP contribution in [0.2, 0.25) is 0 Å². The van der Waals surface area contributed by atoms with Crippen molar-refractivity contribution in [2.75, 3.05) is 0 Å². The largest absolute Gasteiger partial charge is 0.508 e. The van der Waals surface area contributed by atoms with E-state index in [1.165, 1.54) is 12.1 Å². The summed E-state index contributed by atoms with van der Waals surface area (Å²) in [4.78, 5) is 15.0. The Bertz CT molecular complexity index is 1080. The van der Waals surface area contributed by atoms with E-state index < -0.39 is 0 Å². The van der Waals surface area contributed by atoms with Crippen LogP contribution in [0.1, 0.15) is 0 Å². The maximum absolute atomic E-state index is 12.2. The van der Waals surface area contributed by atoms with Crippen LogP contribution in [0.15, 0.2) is 59.4 Å². The van der Waals surface area contributed by atoms with E-state index in [4.69, 9.17) is 0 Å². The molecular formula is C17H12N2O3. The molecule has 0 amide bonds. The molecule has 2 heterocycles. The van der Waals surface area contributed by atoms with Gasteiger partial charge in [-0.2, -0.15) is 0 Å². The molecule has 0 atom stereocenters. The third-order valence-electron chi connectivity index (χ3n) is 3.76. The van der Waals surface area contributed by atoms with Crippen molar-refractivity contribution in [3.63, 3.8) is 0 Å². The molecule has 0 radical (unpaired) electrons. The average molecular weight is 292 g/mol. The van der Waals surface area contributed by atoms with Crippen molar-refractivity contribution >= 4 is 16.6 Å². The topological polar surface area (TPSA) is 77.7 Å². The van der Waals surface area contributed by atoms with Gasteiger partial charge in [0, 0.05) is 11.6 Å². The number of nitrogens with zero attached hydrogens (tertiary/aromatic N) is 1. The van der Waals surface area contributed by atoms with E-state index >= 15 is 0 Å². The van der Waals surface area contributed by atoms with E-state index in [2.05, 4.69) is 4.98 Å². The van der Waals surface area contributed by atoms with Gasteiger partial charge in [0.05, 0.1) is 16.7 Å². The summed E-state index contributed by atoms with van der Waals surface area (Å²) in [6.45, 7) is 0. The van der Waals surface area contributed by atoms with E-state index in [0.717, 1.165) is 11.0 Å². The zero-order valence-electron chi connectivity index (χ0n) is 11.4. The number of benzene rings is 2. The van der Waals surface area contributed by atoms with Gasteiger partial charge < -0.3 is 19.6 Å². The Labute approximate surface area is 124 Å². The number of fused-ring (bicyclic) bond motifs is 3. The molecule has 5 heteroatoms. The van der Waals surface area contributed by atoms with Crippen molar-refractivity contribution in [1.29, 1.82) is 0 Å². The van der Waals surface area contributed by atoms with Gasteiger partial charge in [0.2, 0.25) is 0 Å². The van der Waals surface area contributed by atoms with Gasteiger partial charge in [-0.1, -0.05) is 12.1 Å². The summed E-state index contributed by atoms with van der Waals surface area (Å²) >= 11 is 0. The first-order valence-corrected chi connectivity index (χ1v) is 6.80. The van der Waals surface area contributed by atoms with Crippen LogP contribution < -0.4 is 5.56 Å². The van der Waals surface area contributed by atoms with Crippen LogP contribution in [0.3, 0.4) is 0 Å². The first kappa shape index (κ1) is 12.5. The number of hydrogen-bond donors (Lipinski definition) is 3. The number of para-hydroxylation sites is 2. The maximum atomic E-state index is 12.2. The van der Waals surface area contributed by atoms with Gasteiger partial charge in [-0.15, -0.1) is 0 Å². The molecule has 5 nitrogen and oxygen atoms in total. The first-order chi connectivity index (χ1) is 10.6. The third kappa shape index (κ3) is 1.69. The van der Waals surface area contributed by atoms with Crippen LogP contribution >= 0.6 is 0 Å². The SMILES string of the molecule is O=c1[nH]c2ccccc2n2c(-c3ccc(O)cc3O)ccc12. The monoisotopic (exact) mass is 292 g/mol. The van der Waals surface area contributed by atoms with Gasteiger partial charge in [-0.25, -0.2) is 0 Å². The van der Waals surface area contributed by atoms with Gasteiger partial charge in [-0.05, 0) is 36.4 Å². The van der Waals surface area contributed by atoms with Crippen molar-refractivity contribution in [3.05, 3.63) is 65.0 Å². The molecule has 108 valence electrons. The Balaban J connectivity index is 2.17. The lowest BCUT2D eigenvalue weighted by molar-refractivity contribution is 0.452. The lowest BCUT2D eigenvalue weighted by Crippen LogP contribution is -2.10. The zero-order valence-corrected chi connectivity index (χ0v) is 11.4. The number of phenolic OH excluding ortho intramolecular Hbond substituents is 2. The van der Waals surface area contributed by atoms with Crippen LogP contribution in [-0.4, -0.2) is 19.6 Å². The van der Waals surface area contributed by atoms with E-state index in [1.54, 1.807) is 22.6 Å². The summed E-state index contributed by atoms with van der Waals surface area (Å²) in [6, 6.07) is 15.4. The smallest absolute Gasteiger partial charge is 0.272 e. The summed E-state index contributed by atoms with van der Waals surface area (Å²) in [5, 5.41) is 19.5. The minimum Gasteiger partial charge on any atom is -0.508 e. The Morgan fingerprint density at radius 1 is 0.909 bits per heavy atom. The van der Waals surface area contributed by atoms with Crippen molar-refractivity contribution in [1.82, 2.24) is 9.38 Å². The molecule has 2 aromatic carbocycles. The molecule has 0 aliphatic rings. The Morgan fingerprint density at radius 2 is 1.73 bits per heavy atom. The first-order valence-electron chi connectivity index (χ1n) is 6.80. The van der Waals surface area contributed by atoms with Gasteiger partial charge in [0.1, 0.15) is 17.0 Å². The highest BCUT2D eigenvalue weighted by Crippen LogP contribution is 2.33. The lowest BCUT2D eigenvalue weighted by Gasteiger charge is -2.09. The quantitative estimate of drug-likeness (QED) is 0.505. The molecular weight excluding hydrogens is 280 g/mol. The third-order valence-corrected chi connectivity index (χ3v) is 3.76. The number of aromatic amines is 1. The molecule has 0 fully saturated rings. The molecule has 22 heavy (non-hydrogen) atoms. The molecule has 0 bridgehead atoms. The Morgan fingerprint density at radius 3 is 2.55 bits per heavy atom. The molecule has 3 N–H and O–H groups in total. The number of phenols is 2. The molecule has 0 aliphatic heterocycles. The molecule has 0 saturated carbocycles. The second-order valence-corrected chi connectivity index (χ2v) is 5.11. The zero-order chi connectivity index (χ0) is 15.3. The molecule has 4 aromatic rings. The Hall–Kier alpha value is -3.21. The van der Waals surface area contributed by atoms with E-state index in [9.17, 15) is 15.0 Å². The number of aromatic hydroxyl groups is 2. The number of H-pyrrole nitrogens is 1. The fraction of sp³-hybridized carbons (Fsp3) is 0. The second kappa shape index (κ2) is 4.39. The fourth-order valence-corrected chi connectivity index (χ4v) is 2.78. The van der Waals surface area contributed by atoms with Crippen molar-refractivity contribution in [2.45, 2.75) is 0 Å². The minimum absolute atomic E-state index is 0.00943. The normalized spacial score (nSPS) is 11.3. The molecule has 0 saturated heterocycles. The van der Waals surface area contributed by atoms with Gasteiger partial charge in [-0.3, -0.25) is 4.79 Å². The average Bonchev–Trinajstić information content (AvgIpc) is 2.93. The lowest BCUT2D eigenvalue weighted by atomic mass is 10.1. The summed E-state index contributed by atoms with van der Waals surface area (Å²) in [5.74, 6) is -0.0471. The van der Waals surface area contributed by atoms with Crippen molar-refractivity contribution < 1.29 is 10.2 Å². The predicted molar refractivity (Wildman–Crippen MR) is 84.3 cm³/mol. The molecule has 2 aromatic heterocycles. The highest BCUT2D eigenvalue weighted by molar-refractivity contribution is 5.83. The number of nitrogens with one attached hydrogen (secondary N) is 1. The number of rotatable bonds is 1. The summed E-state index contributed by atoms with van der Waals surface area (Å²) < 4.78 is 1.81. The second-order valence-electron chi connectivity index (χ2n) is 5.11. The summed E-state index contributed by atoms with van der Waals surface area (Å²) in [6.07, 6.45) is 0. The van der Waals surface area contributed by atoms with Gasteiger partial charge in [0.15, 0.2) is 0 Å². The van der Waals surface area contributed by atoms with Gasteiger partial charge in [0.25, 0.3) is 5.56 Å². The number of aromatic nitrogens is 2. The van der Waals surface area contributed by atoms with Crippen LogP contribution in [-0.2, 0) is 0 Å². The number of hydrogen-bond acceptors (Lipinski definition) is 3. The van der Waals surface area contributed by atoms with Crippen LogP contribution in [0, 0.1) is 0 Å². The van der Waals surface area contributed by atoms with Crippen LogP contribution in [0.4, 0.5) is 0 Å². The van der Waals surface area contributed by atoms with Crippen molar-refractivity contribution in [2.24, 2.45) is 0 Å². The summed E-state index contributed by atoms with van der Waals surface area (Å²) in [7, 11) is 0. The standard InChI is InChI=1S/C17H12N2O3/c20-10-5-6-11(16(21)9-10)13-7-8-15-17(22)18-12-3-1-2-4-14(12)19(13)15/h1-9,20-21H,(H,18,22). The predicted octanol–water partition coefficient (Wildman–Crippen LogP) is 2.86. The fourth-order valence-electron chi connectivity index (χ4n) is 2.78. The molecule has 0 unspecified atom stereocenters. The molecule has 0 spiro atoms. The molecule has 0 aliphatic carbocycles. The minimum atomic E-state index is -0.191. The van der Waals surface area contributed by atoms with E-state index in [-0.39, 0.29) is 17.1 Å². The molecule has 4 rings (SSSR count). The highest BCUT2D eigenvalue weighted by Gasteiger charge is 2.13. The van der Waals surface area contributed by atoms with Gasteiger partial charge >= 0.3 is 0 Å². The van der Waals surface area contributed by atoms with E-state index in [1.807, 2.05) is 24.3 Å².